The molecule has 2 rings (SSSR count). The van der Waals surface area contributed by atoms with Gasteiger partial charge in [-0.15, -0.1) is 0 Å². The first kappa shape index (κ1) is 17.4. The standard InChI is InChI=1S/C15H22Cl3NO2/c1-2-3-4-5-6-7-9-14-10-8-11-19(14)12(15(16,17)18)21-13(14)20/h6-7,12H,2-5,8-11H2,1H3/b7-6+/t12-,14+/m1/s1. The molecule has 0 aromatic carbocycles. The van der Waals surface area contributed by atoms with Crippen LogP contribution in [-0.4, -0.2) is 33.0 Å². The second-order valence-corrected chi connectivity index (χ2v) is 8.17. The lowest BCUT2D eigenvalue weighted by molar-refractivity contribution is -0.145. The summed E-state index contributed by atoms with van der Waals surface area (Å²) in [5, 5.41) is 0. The van der Waals surface area contributed by atoms with Gasteiger partial charge in [-0.05, 0) is 32.1 Å². The highest BCUT2D eigenvalue weighted by molar-refractivity contribution is 6.68. The Balaban J connectivity index is 2.01. The van der Waals surface area contributed by atoms with E-state index in [2.05, 4.69) is 19.1 Å². The third-order valence-electron chi connectivity index (χ3n) is 4.30. The van der Waals surface area contributed by atoms with Gasteiger partial charge in [-0.2, -0.15) is 0 Å². The minimum atomic E-state index is -1.60. The van der Waals surface area contributed by atoms with Gasteiger partial charge in [0, 0.05) is 6.54 Å². The summed E-state index contributed by atoms with van der Waals surface area (Å²) in [6, 6.07) is 0. The number of ether oxygens (including phenoxy) is 1. The third-order valence-corrected chi connectivity index (χ3v) is 4.86. The van der Waals surface area contributed by atoms with Crippen molar-refractivity contribution in [2.45, 2.75) is 67.4 Å². The van der Waals surface area contributed by atoms with Crippen LogP contribution in [0.25, 0.3) is 0 Å². The molecule has 0 N–H and O–H groups in total. The Morgan fingerprint density at radius 1 is 1.38 bits per heavy atom. The summed E-state index contributed by atoms with van der Waals surface area (Å²) >= 11 is 17.8. The number of hydrogen-bond donors (Lipinski definition) is 0. The summed E-state index contributed by atoms with van der Waals surface area (Å²) in [5.41, 5.74) is -0.629. The number of cyclic esters (lactones) is 1. The van der Waals surface area contributed by atoms with Gasteiger partial charge in [0.15, 0.2) is 0 Å². The fourth-order valence-electron chi connectivity index (χ4n) is 3.19. The molecule has 0 aromatic heterocycles. The fourth-order valence-corrected chi connectivity index (χ4v) is 3.68. The molecule has 2 atom stereocenters. The maximum Gasteiger partial charge on any atom is 0.328 e. The van der Waals surface area contributed by atoms with E-state index in [0.717, 1.165) is 25.8 Å². The van der Waals surface area contributed by atoms with Crippen LogP contribution >= 0.6 is 34.8 Å². The number of rotatable bonds is 6. The number of hydrogen-bond acceptors (Lipinski definition) is 3. The summed E-state index contributed by atoms with van der Waals surface area (Å²) in [4.78, 5) is 14.3. The SMILES string of the molecule is CCCCC/C=C/C[C@@]12CCCN1[C@@H](C(Cl)(Cl)Cl)OC2=O. The maximum absolute atomic E-state index is 12.3. The van der Waals surface area contributed by atoms with Crippen LogP contribution < -0.4 is 0 Å². The number of carbonyl (C=O) groups excluding carboxylic acids is 1. The number of fused-ring (bicyclic) bond motifs is 1. The van der Waals surface area contributed by atoms with Crippen LogP contribution in [0.2, 0.25) is 0 Å². The molecule has 0 amide bonds. The number of halogens is 3. The number of unbranched alkanes of at least 4 members (excludes halogenated alkanes) is 3. The molecule has 0 radical (unpaired) electrons. The van der Waals surface area contributed by atoms with Gasteiger partial charge in [0.25, 0.3) is 0 Å². The number of carbonyl (C=O) groups is 1. The zero-order chi connectivity index (χ0) is 15.5. The first-order valence-corrected chi connectivity index (χ1v) is 8.75. The Hall–Kier alpha value is 0.0400. The molecule has 21 heavy (non-hydrogen) atoms. The molecular weight excluding hydrogens is 333 g/mol. The molecule has 2 fully saturated rings. The van der Waals surface area contributed by atoms with E-state index < -0.39 is 15.6 Å². The smallest absolute Gasteiger partial charge is 0.328 e. The largest absolute Gasteiger partial charge is 0.440 e. The van der Waals surface area contributed by atoms with Crippen molar-refractivity contribution >= 4 is 40.8 Å². The van der Waals surface area contributed by atoms with Gasteiger partial charge in [0.05, 0.1) is 0 Å². The fraction of sp³-hybridized carbons (Fsp3) is 0.800. The molecule has 0 aromatic rings. The average Bonchev–Trinajstić information content (AvgIpc) is 2.93. The van der Waals surface area contributed by atoms with Gasteiger partial charge < -0.3 is 4.74 Å². The highest BCUT2D eigenvalue weighted by Crippen LogP contribution is 2.48. The molecule has 0 saturated carbocycles. The van der Waals surface area contributed by atoms with E-state index in [1.165, 1.54) is 19.3 Å². The van der Waals surface area contributed by atoms with Crippen molar-refractivity contribution in [3.63, 3.8) is 0 Å². The molecule has 2 heterocycles. The van der Waals surface area contributed by atoms with Gasteiger partial charge in [-0.3, -0.25) is 0 Å². The van der Waals surface area contributed by atoms with Gasteiger partial charge >= 0.3 is 5.97 Å². The zero-order valence-corrected chi connectivity index (χ0v) is 14.6. The van der Waals surface area contributed by atoms with Crippen molar-refractivity contribution in [3.05, 3.63) is 12.2 Å². The predicted octanol–water partition coefficient (Wildman–Crippen LogP) is 4.60. The van der Waals surface area contributed by atoms with Gasteiger partial charge in [-0.1, -0.05) is 66.7 Å². The van der Waals surface area contributed by atoms with E-state index in [4.69, 9.17) is 39.5 Å². The second kappa shape index (κ2) is 7.08. The van der Waals surface area contributed by atoms with Crippen LogP contribution in [-0.2, 0) is 9.53 Å². The highest BCUT2D eigenvalue weighted by atomic mass is 35.6. The summed E-state index contributed by atoms with van der Waals surface area (Å²) in [6.07, 6.45) is 10.5. The Bertz CT molecular complexity index is 408. The van der Waals surface area contributed by atoms with Crippen LogP contribution in [0, 0.1) is 0 Å². The molecule has 2 aliphatic heterocycles. The Morgan fingerprint density at radius 2 is 2.14 bits per heavy atom. The molecule has 120 valence electrons. The normalized spacial score (nSPS) is 30.1. The molecule has 0 aliphatic carbocycles. The Morgan fingerprint density at radius 3 is 2.81 bits per heavy atom. The lowest BCUT2D eigenvalue weighted by Crippen LogP contribution is -2.48. The van der Waals surface area contributed by atoms with Gasteiger partial charge in [0.1, 0.15) is 5.54 Å². The summed E-state index contributed by atoms with van der Waals surface area (Å²) in [5.74, 6) is -0.255. The van der Waals surface area contributed by atoms with Crippen LogP contribution in [0.4, 0.5) is 0 Å². The van der Waals surface area contributed by atoms with E-state index in [9.17, 15) is 4.79 Å². The van der Waals surface area contributed by atoms with E-state index in [1.807, 2.05) is 4.90 Å². The lowest BCUT2D eigenvalue weighted by Gasteiger charge is -2.31. The third kappa shape index (κ3) is 3.69. The van der Waals surface area contributed by atoms with E-state index >= 15 is 0 Å². The second-order valence-electron chi connectivity index (χ2n) is 5.80. The van der Waals surface area contributed by atoms with E-state index in [0.29, 0.717) is 6.42 Å². The van der Waals surface area contributed by atoms with Crippen molar-refractivity contribution in [3.8, 4) is 0 Å². The monoisotopic (exact) mass is 353 g/mol. The first-order chi connectivity index (χ1) is 9.92. The molecule has 2 aliphatic rings. The van der Waals surface area contributed by atoms with Gasteiger partial charge in [-0.25, -0.2) is 9.69 Å². The van der Waals surface area contributed by atoms with Crippen molar-refractivity contribution < 1.29 is 9.53 Å². The molecule has 2 saturated heterocycles. The van der Waals surface area contributed by atoms with Crippen molar-refractivity contribution in [1.29, 1.82) is 0 Å². The van der Waals surface area contributed by atoms with Crippen LogP contribution in [0.15, 0.2) is 12.2 Å². The summed E-state index contributed by atoms with van der Waals surface area (Å²) in [6.45, 7) is 2.92. The highest BCUT2D eigenvalue weighted by Gasteiger charge is 2.61. The molecule has 0 spiro atoms. The maximum atomic E-state index is 12.3. The number of alkyl halides is 3. The Kier molecular flexibility index (Phi) is 5.86. The molecular formula is C15H22Cl3NO2. The Labute approximate surface area is 141 Å². The zero-order valence-electron chi connectivity index (χ0n) is 12.3. The predicted molar refractivity (Wildman–Crippen MR) is 86.7 cm³/mol. The van der Waals surface area contributed by atoms with E-state index in [1.54, 1.807) is 0 Å². The number of allylic oxidation sites excluding steroid dienone is 1. The lowest BCUT2D eigenvalue weighted by atomic mass is 9.92. The minimum absolute atomic E-state index is 0.255. The number of nitrogens with zero attached hydrogens (tertiary/aromatic N) is 1. The van der Waals surface area contributed by atoms with E-state index in [-0.39, 0.29) is 5.97 Å². The summed E-state index contributed by atoms with van der Waals surface area (Å²) in [7, 11) is 0. The number of esters is 1. The van der Waals surface area contributed by atoms with Crippen molar-refractivity contribution in [1.82, 2.24) is 4.90 Å². The topological polar surface area (TPSA) is 29.5 Å². The quantitative estimate of drug-likeness (QED) is 0.302. The van der Waals surface area contributed by atoms with Gasteiger partial charge in [0.2, 0.25) is 10.0 Å². The molecule has 3 nitrogen and oxygen atoms in total. The van der Waals surface area contributed by atoms with Crippen LogP contribution in [0.5, 0.6) is 0 Å². The summed E-state index contributed by atoms with van der Waals surface area (Å²) < 4.78 is 3.74. The minimum Gasteiger partial charge on any atom is -0.440 e. The molecule has 6 heteroatoms. The van der Waals surface area contributed by atoms with Crippen molar-refractivity contribution in [2.24, 2.45) is 0 Å². The van der Waals surface area contributed by atoms with Crippen molar-refractivity contribution in [2.75, 3.05) is 6.54 Å². The van der Waals surface area contributed by atoms with Crippen LogP contribution in [0.3, 0.4) is 0 Å². The molecule has 0 bridgehead atoms. The average molecular weight is 355 g/mol. The molecule has 0 unspecified atom stereocenters. The first-order valence-electron chi connectivity index (χ1n) is 7.61. The van der Waals surface area contributed by atoms with Crippen LogP contribution in [0.1, 0.15) is 51.9 Å².